The van der Waals surface area contributed by atoms with Crippen molar-refractivity contribution in [1.29, 1.82) is 0 Å². The number of hydrogen-bond donors (Lipinski definition) is 2. The van der Waals surface area contributed by atoms with Crippen LogP contribution in [-0.4, -0.2) is 69.8 Å². The Morgan fingerprint density at radius 1 is 0.579 bits per heavy atom. The smallest absolute Gasteiger partial charge is 0.335 e. The van der Waals surface area contributed by atoms with E-state index in [9.17, 15) is 24.3 Å². The van der Waals surface area contributed by atoms with Crippen LogP contribution in [-0.2, 0) is 6.54 Å². The van der Waals surface area contributed by atoms with Crippen LogP contribution in [0.2, 0.25) is 0 Å². The highest BCUT2D eigenvalue weighted by Gasteiger charge is 2.23. The van der Waals surface area contributed by atoms with E-state index in [2.05, 4.69) is 10.3 Å². The van der Waals surface area contributed by atoms with Crippen molar-refractivity contribution in [3.63, 3.8) is 0 Å². The number of carboxylic acids is 1. The number of aryl methyl sites for hydroxylation is 2. The number of hydrogen-bond acceptors (Lipinski definition) is 5. The van der Waals surface area contributed by atoms with Crippen molar-refractivity contribution in [2.24, 2.45) is 0 Å². The van der Waals surface area contributed by atoms with E-state index in [4.69, 9.17) is 0 Å². The zero-order chi connectivity index (χ0) is 39.9. The summed E-state index contributed by atoms with van der Waals surface area (Å²) in [5, 5.41) is 13.4. The van der Waals surface area contributed by atoms with Gasteiger partial charge in [-0.2, -0.15) is 0 Å². The van der Waals surface area contributed by atoms with Gasteiger partial charge in [-0.1, -0.05) is 77.9 Å². The zero-order valence-electron chi connectivity index (χ0n) is 32.3. The molecule has 0 aliphatic carbocycles. The van der Waals surface area contributed by atoms with Crippen LogP contribution >= 0.6 is 0 Å². The van der Waals surface area contributed by atoms with Crippen LogP contribution in [0.25, 0.3) is 33.2 Å². The monoisotopic (exact) mass is 758 g/mol. The van der Waals surface area contributed by atoms with E-state index in [0.29, 0.717) is 23.2 Å². The molecule has 2 aliphatic rings. The topological polar surface area (TPSA) is 120 Å². The number of rotatable bonds is 8. The molecule has 6 aromatic rings. The fourth-order valence-electron chi connectivity index (χ4n) is 7.29. The van der Waals surface area contributed by atoms with E-state index in [1.165, 1.54) is 6.07 Å². The summed E-state index contributed by atoms with van der Waals surface area (Å²) in [6.07, 6.45) is 5.83. The third kappa shape index (κ3) is 9.44. The van der Waals surface area contributed by atoms with Gasteiger partial charge in [0.15, 0.2) is 0 Å². The normalized spacial score (nSPS) is 13.6. The van der Waals surface area contributed by atoms with Crippen LogP contribution in [0.5, 0.6) is 0 Å². The molecular formula is C48H46N4O5. The quantitative estimate of drug-likeness (QED) is 0.160. The molecule has 288 valence electrons. The molecule has 5 aromatic carbocycles. The number of pyridine rings is 1. The minimum Gasteiger partial charge on any atom is -0.478 e. The molecule has 0 bridgehead atoms. The van der Waals surface area contributed by atoms with Gasteiger partial charge in [-0.05, 0) is 116 Å². The molecule has 0 saturated carbocycles. The van der Waals surface area contributed by atoms with Gasteiger partial charge in [-0.3, -0.25) is 19.4 Å². The summed E-state index contributed by atoms with van der Waals surface area (Å²) in [5.74, 6) is -1.32. The summed E-state index contributed by atoms with van der Waals surface area (Å²) in [6.45, 7) is 7.45. The fourth-order valence-corrected chi connectivity index (χ4v) is 7.29. The maximum Gasteiger partial charge on any atom is 0.335 e. The SMILES string of the molecule is Cc1ccc(-c2cc(C(=O)NCc3ccc4cccnc4c3)cc(C(=O)N3CCCC3)c2)cc1.Cc1ccc(-c2cc(C(=O)O)cc(C(=O)N3CCCC3)c2)cc1. The third-order valence-corrected chi connectivity index (χ3v) is 10.5. The van der Waals surface area contributed by atoms with Gasteiger partial charge in [0.2, 0.25) is 0 Å². The Labute approximate surface area is 333 Å². The van der Waals surface area contributed by atoms with Gasteiger partial charge >= 0.3 is 5.97 Å². The Balaban J connectivity index is 0.000000188. The minimum absolute atomic E-state index is 0.0129. The molecule has 0 radical (unpaired) electrons. The van der Waals surface area contributed by atoms with Crippen LogP contribution < -0.4 is 5.32 Å². The number of carbonyl (C=O) groups is 4. The summed E-state index contributed by atoms with van der Waals surface area (Å²) < 4.78 is 0. The Kier molecular flexibility index (Phi) is 11.8. The molecule has 9 heteroatoms. The van der Waals surface area contributed by atoms with E-state index in [0.717, 1.165) is 102 Å². The average molecular weight is 759 g/mol. The van der Waals surface area contributed by atoms with Gasteiger partial charge < -0.3 is 20.2 Å². The number of fused-ring (bicyclic) bond motifs is 1. The lowest BCUT2D eigenvalue weighted by Crippen LogP contribution is -2.28. The molecule has 9 nitrogen and oxygen atoms in total. The van der Waals surface area contributed by atoms with Crippen molar-refractivity contribution in [2.45, 2.75) is 46.1 Å². The standard InChI is InChI=1S/C29H27N3O2.C19H19NO3/c1-20-6-9-22(10-7-20)24-16-25(18-26(17-24)29(34)32-13-2-3-14-32)28(33)31-19-21-8-11-23-5-4-12-30-27(23)15-21;1-13-4-6-14(7-5-13)15-10-16(12-17(11-15)19(22)23)18(21)20-8-2-3-9-20/h4-12,15-18H,2-3,13-14,19H2,1H3,(H,31,33);4-7,10-12H,2-3,8-9H2,1H3,(H,22,23). The molecular weight excluding hydrogens is 713 g/mol. The average Bonchev–Trinajstić information content (AvgIpc) is 3.99. The van der Waals surface area contributed by atoms with Crippen LogP contribution in [0.15, 0.2) is 121 Å². The Morgan fingerprint density at radius 2 is 1.07 bits per heavy atom. The number of nitrogens with zero attached hydrogens (tertiary/aromatic N) is 3. The van der Waals surface area contributed by atoms with Gasteiger partial charge in [0, 0.05) is 61.0 Å². The first kappa shape index (κ1) is 38.7. The van der Waals surface area contributed by atoms with E-state index in [-0.39, 0.29) is 23.3 Å². The molecule has 57 heavy (non-hydrogen) atoms. The molecule has 2 fully saturated rings. The highest BCUT2D eigenvalue weighted by atomic mass is 16.4. The van der Waals surface area contributed by atoms with Gasteiger partial charge in [0.05, 0.1) is 11.1 Å². The second kappa shape index (κ2) is 17.5. The van der Waals surface area contributed by atoms with Crippen LogP contribution in [0, 0.1) is 13.8 Å². The van der Waals surface area contributed by atoms with E-state index in [1.54, 1.807) is 29.3 Å². The Bertz CT molecular complexity index is 2430. The summed E-state index contributed by atoms with van der Waals surface area (Å²) in [7, 11) is 0. The van der Waals surface area contributed by atoms with Crippen molar-refractivity contribution >= 4 is 34.6 Å². The molecule has 1 aromatic heterocycles. The lowest BCUT2D eigenvalue weighted by Gasteiger charge is -2.17. The van der Waals surface area contributed by atoms with Gasteiger partial charge in [0.1, 0.15) is 0 Å². The molecule has 2 N–H and O–H groups in total. The van der Waals surface area contributed by atoms with Gasteiger partial charge in [0.25, 0.3) is 17.7 Å². The number of nitrogens with one attached hydrogen (secondary N) is 1. The highest BCUT2D eigenvalue weighted by molar-refractivity contribution is 6.02. The second-order valence-corrected chi connectivity index (χ2v) is 14.8. The third-order valence-electron chi connectivity index (χ3n) is 10.5. The number of benzene rings is 5. The summed E-state index contributed by atoms with van der Waals surface area (Å²) in [4.78, 5) is 58.4. The summed E-state index contributed by atoms with van der Waals surface area (Å²) >= 11 is 0. The Hall–Kier alpha value is -6.61. The fraction of sp³-hybridized carbons (Fsp3) is 0.229. The van der Waals surface area contributed by atoms with Crippen molar-refractivity contribution < 1.29 is 24.3 Å². The Morgan fingerprint density at radius 3 is 1.60 bits per heavy atom. The lowest BCUT2D eigenvalue weighted by molar-refractivity contribution is 0.0695. The molecule has 3 amide bonds. The number of carbonyl (C=O) groups excluding carboxylic acids is 3. The van der Waals surface area contributed by atoms with Crippen molar-refractivity contribution in [3.05, 3.63) is 160 Å². The number of amides is 3. The first-order valence-electron chi connectivity index (χ1n) is 19.5. The predicted octanol–water partition coefficient (Wildman–Crippen LogP) is 8.97. The van der Waals surface area contributed by atoms with E-state index < -0.39 is 5.97 Å². The highest BCUT2D eigenvalue weighted by Crippen LogP contribution is 2.27. The first-order valence-corrected chi connectivity index (χ1v) is 19.5. The van der Waals surface area contributed by atoms with Gasteiger partial charge in [-0.25, -0.2) is 4.79 Å². The number of likely N-dealkylation sites (tertiary alicyclic amines) is 2. The largest absolute Gasteiger partial charge is 0.478 e. The van der Waals surface area contributed by atoms with E-state index in [1.807, 2.05) is 110 Å². The van der Waals surface area contributed by atoms with Crippen LogP contribution in [0.4, 0.5) is 0 Å². The van der Waals surface area contributed by atoms with Crippen molar-refractivity contribution in [3.8, 4) is 22.3 Å². The molecule has 2 aliphatic heterocycles. The lowest BCUT2D eigenvalue weighted by atomic mass is 9.98. The maximum atomic E-state index is 13.2. The van der Waals surface area contributed by atoms with Crippen molar-refractivity contribution in [1.82, 2.24) is 20.1 Å². The number of carboxylic acid groups (broad SMARTS) is 1. The molecule has 0 unspecified atom stereocenters. The zero-order valence-corrected chi connectivity index (χ0v) is 32.3. The predicted molar refractivity (Wildman–Crippen MR) is 223 cm³/mol. The summed E-state index contributed by atoms with van der Waals surface area (Å²) in [6, 6.07) is 36.3. The van der Waals surface area contributed by atoms with Crippen LogP contribution in [0.1, 0.15) is 83.8 Å². The molecule has 0 atom stereocenters. The van der Waals surface area contributed by atoms with E-state index >= 15 is 0 Å². The second-order valence-electron chi connectivity index (χ2n) is 14.8. The molecule has 2 saturated heterocycles. The van der Waals surface area contributed by atoms with Gasteiger partial charge in [-0.15, -0.1) is 0 Å². The summed E-state index contributed by atoms with van der Waals surface area (Å²) in [5.41, 5.74) is 9.32. The maximum absolute atomic E-state index is 13.2. The first-order chi connectivity index (χ1) is 27.6. The van der Waals surface area contributed by atoms with Crippen LogP contribution in [0.3, 0.4) is 0 Å². The minimum atomic E-state index is -1.02. The molecule has 0 spiro atoms. The number of aromatic carboxylic acids is 1. The molecule has 3 heterocycles. The molecule has 8 rings (SSSR count). The van der Waals surface area contributed by atoms with Crippen molar-refractivity contribution in [2.75, 3.05) is 26.2 Å². The number of aromatic nitrogens is 1.